The van der Waals surface area contributed by atoms with Crippen molar-refractivity contribution in [3.63, 3.8) is 0 Å². The number of amides is 1. The van der Waals surface area contributed by atoms with Crippen molar-refractivity contribution >= 4 is 27.3 Å². The van der Waals surface area contributed by atoms with E-state index in [1.807, 2.05) is 11.1 Å². The van der Waals surface area contributed by atoms with E-state index in [0.717, 1.165) is 54.1 Å². The lowest BCUT2D eigenvalue weighted by Crippen LogP contribution is -2.48. The standard InChI is InChI=1S/C21H25FN6O2S/c22-17-3-1-16(2-4-17)18-15-28-20(23-18)31-21(24-28)27-9-7-25(8-10-27)6-5-19(29)26-11-13-30-14-12-26/h1-4,15H,5-14H2. The zero-order chi connectivity index (χ0) is 21.2. The fourth-order valence-electron chi connectivity index (χ4n) is 3.96. The molecule has 0 aliphatic carbocycles. The molecule has 0 spiro atoms. The van der Waals surface area contributed by atoms with Crippen LogP contribution in [0.3, 0.4) is 0 Å². The molecular weight excluding hydrogens is 419 g/mol. The molecule has 0 N–H and O–H groups in total. The third kappa shape index (κ3) is 4.56. The van der Waals surface area contributed by atoms with E-state index in [1.165, 1.54) is 12.1 Å². The molecule has 0 unspecified atom stereocenters. The lowest BCUT2D eigenvalue weighted by Gasteiger charge is -2.34. The number of piperazine rings is 1. The molecule has 0 atom stereocenters. The molecule has 2 fully saturated rings. The molecule has 164 valence electrons. The number of nitrogens with zero attached hydrogens (tertiary/aromatic N) is 6. The molecule has 2 aromatic heterocycles. The van der Waals surface area contributed by atoms with Crippen LogP contribution in [0.1, 0.15) is 6.42 Å². The first kappa shape index (κ1) is 20.3. The minimum atomic E-state index is -0.255. The molecule has 0 radical (unpaired) electrons. The molecule has 0 saturated carbocycles. The van der Waals surface area contributed by atoms with Gasteiger partial charge in [-0.3, -0.25) is 9.69 Å². The van der Waals surface area contributed by atoms with Gasteiger partial charge in [0.15, 0.2) is 0 Å². The number of halogens is 1. The molecule has 31 heavy (non-hydrogen) atoms. The summed E-state index contributed by atoms with van der Waals surface area (Å²) in [6.45, 7) is 7.11. The Balaban J connectivity index is 1.14. The maximum atomic E-state index is 13.1. The summed E-state index contributed by atoms with van der Waals surface area (Å²) in [6.07, 6.45) is 2.45. The van der Waals surface area contributed by atoms with E-state index >= 15 is 0 Å². The Morgan fingerprint density at radius 3 is 2.52 bits per heavy atom. The van der Waals surface area contributed by atoms with Gasteiger partial charge >= 0.3 is 0 Å². The minimum absolute atomic E-state index is 0.226. The Kier molecular flexibility index (Phi) is 5.84. The number of hydrogen-bond donors (Lipinski definition) is 0. The Morgan fingerprint density at radius 1 is 1.06 bits per heavy atom. The average Bonchev–Trinajstić information content (AvgIpc) is 3.38. The highest BCUT2D eigenvalue weighted by Crippen LogP contribution is 2.27. The van der Waals surface area contributed by atoms with Crippen LogP contribution in [0.25, 0.3) is 16.2 Å². The highest BCUT2D eigenvalue weighted by Gasteiger charge is 2.23. The molecule has 4 heterocycles. The van der Waals surface area contributed by atoms with E-state index in [2.05, 4.69) is 14.8 Å². The number of aromatic nitrogens is 3. The van der Waals surface area contributed by atoms with Crippen LogP contribution in [0.15, 0.2) is 30.5 Å². The van der Waals surface area contributed by atoms with Crippen LogP contribution in [0, 0.1) is 5.82 Å². The monoisotopic (exact) mass is 444 g/mol. The van der Waals surface area contributed by atoms with Gasteiger partial charge in [-0.05, 0) is 24.3 Å². The first-order valence-corrected chi connectivity index (χ1v) is 11.4. The first-order chi connectivity index (χ1) is 15.2. The molecule has 10 heteroatoms. The molecule has 1 aromatic carbocycles. The predicted octanol–water partition coefficient (Wildman–Crippen LogP) is 1.97. The summed E-state index contributed by atoms with van der Waals surface area (Å²) in [7, 11) is 0. The summed E-state index contributed by atoms with van der Waals surface area (Å²) in [5, 5.41) is 5.65. The highest BCUT2D eigenvalue weighted by molar-refractivity contribution is 7.20. The number of carbonyl (C=O) groups excluding carboxylic acids is 1. The van der Waals surface area contributed by atoms with Crippen LogP contribution >= 0.6 is 11.3 Å². The van der Waals surface area contributed by atoms with E-state index in [-0.39, 0.29) is 11.7 Å². The first-order valence-electron chi connectivity index (χ1n) is 10.6. The quantitative estimate of drug-likeness (QED) is 0.600. The SMILES string of the molecule is O=C(CCN1CCN(c2nn3cc(-c4ccc(F)cc4)nc3s2)CC1)N1CCOCC1. The second kappa shape index (κ2) is 8.89. The van der Waals surface area contributed by atoms with Crippen molar-refractivity contribution in [2.24, 2.45) is 0 Å². The lowest BCUT2D eigenvalue weighted by atomic mass is 10.2. The fourth-order valence-corrected chi connectivity index (χ4v) is 4.90. The van der Waals surface area contributed by atoms with Gasteiger partial charge in [0.1, 0.15) is 5.82 Å². The van der Waals surface area contributed by atoms with Crippen molar-refractivity contribution in [2.75, 3.05) is 63.9 Å². The zero-order valence-corrected chi connectivity index (χ0v) is 18.1. The molecule has 2 aliphatic rings. The van der Waals surface area contributed by atoms with Crippen LogP contribution in [0.5, 0.6) is 0 Å². The number of rotatable bonds is 5. The third-order valence-corrected chi connectivity index (χ3v) is 6.80. The van der Waals surface area contributed by atoms with Crippen LogP contribution < -0.4 is 4.90 Å². The molecular formula is C21H25FN6O2S. The smallest absolute Gasteiger partial charge is 0.224 e. The van der Waals surface area contributed by atoms with Gasteiger partial charge in [-0.1, -0.05) is 11.3 Å². The number of ether oxygens (including phenoxy) is 1. The van der Waals surface area contributed by atoms with E-state index in [0.29, 0.717) is 32.7 Å². The Labute approximate surface area is 183 Å². The van der Waals surface area contributed by atoms with Crippen LogP contribution in [-0.2, 0) is 9.53 Å². The van der Waals surface area contributed by atoms with Gasteiger partial charge in [0.2, 0.25) is 16.0 Å². The molecule has 0 bridgehead atoms. The van der Waals surface area contributed by atoms with Gasteiger partial charge in [0.25, 0.3) is 0 Å². The summed E-state index contributed by atoms with van der Waals surface area (Å²) in [6, 6.07) is 6.34. The molecule has 1 amide bonds. The average molecular weight is 445 g/mol. The van der Waals surface area contributed by atoms with Crippen LogP contribution in [0.4, 0.5) is 9.52 Å². The van der Waals surface area contributed by atoms with Crippen LogP contribution in [-0.4, -0.2) is 89.3 Å². The van der Waals surface area contributed by atoms with Crippen molar-refractivity contribution in [3.05, 3.63) is 36.3 Å². The predicted molar refractivity (Wildman–Crippen MR) is 117 cm³/mol. The Hall–Kier alpha value is -2.56. The van der Waals surface area contributed by atoms with Gasteiger partial charge in [0, 0.05) is 57.8 Å². The molecule has 8 nitrogen and oxygen atoms in total. The lowest BCUT2D eigenvalue weighted by molar-refractivity contribution is -0.135. The van der Waals surface area contributed by atoms with Gasteiger partial charge in [-0.25, -0.2) is 13.9 Å². The highest BCUT2D eigenvalue weighted by atomic mass is 32.1. The van der Waals surface area contributed by atoms with Crippen molar-refractivity contribution in [1.29, 1.82) is 0 Å². The number of hydrogen-bond acceptors (Lipinski definition) is 7. The Bertz CT molecular complexity index is 1010. The Morgan fingerprint density at radius 2 is 1.81 bits per heavy atom. The number of anilines is 1. The summed E-state index contributed by atoms with van der Waals surface area (Å²) in [4.78, 5) is 24.3. The van der Waals surface area contributed by atoms with E-state index < -0.39 is 0 Å². The molecule has 5 rings (SSSR count). The maximum Gasteiger partial charge on any atom is 0.224 e. The molecule has 2 aliphatic heterocycles. The van der Waals surface area contributed by atoms with Crippen molar-refractivity contribution in [2.45, 2.75) is 6.42 Å². The van der Waals surface area contributed by atoms with Gasteiger partial charge in [-0.15, -0.1) is 5.10 Å². The summed E-state index contributed by atoms with van der Waals surface area (Å²) in [5.41, 5.74) is 1.67. The number of imidazole rings is 1. The van der Waals surface area contributed by atoms with E-state index in [1.54, 1.807) is 28.0 Å². The number of benzene rings is 1. The second-order valence-electron chi connectivity index (χ2n) is 7.82. The maximum absolute atomic E-state index is 13.1. The molecule has 3 aromatic rings. The van der Waals surface area contributed by atoms with Crippen molar-refractivity contribution < 1.29 is 13.9 Å². The number of morpholine rings is 1. The minimum Gasteiger partial charge on any atom is -0.378 e. The van der Waals surface area contributed by atoms with Crippen LogP contribution in [0.2, 0.25) is 0 Å². The second-order valence-corrected chi connectivity index (χ2v) is 8.75. The summed E-state index contributed by atoms with van der Waals surface area (Å²) < 4.78 is 20.2. The largest absolute Gasteiger partial charge is 0.378 e. The third-order valence-electron chi connectivity index (χ3n) is 5.82. The topological polar surface area (TPSA) is 66.2 Å². The van der Waals surface area contributed by atoms with E-state index in [4.69, 9.17) is 9.84 Å². The summed E-state index contributed by atoms with van der Waals surface area (Å²) in [5.74, 6) is -0.0291. The van der Waals surface area contributed by atoms with Crippen molar-refractivity contribution in [3.8, 4) is 11.3 Å². The molecule has 2 saturated heterocycles. The van der Waals surface area contributed by atoms with Gasteiger partial charge in [0.05, 0.1) is 25.1 Å². The number of carbonyl (C=O) groups is 1. The van der Waals surface area contributed by atoms with E-state index in [9.17, 15) is 9.18 Å². The summed E-state index contributed by atoms with van der Waals surface area (Å²) >= 11 is 1.56. The fraction of sp³-hybridized carbons (Fsp3) is 0.476. The van der Waals surface area contributed by atoms with Gasteiger partial charge < -0.3 is 14.5 Å². The van der Waals surface area contributed by atoms with Crippen molar-refractivity contribution in [1.82, 2.24) is 24.4 Å². The van der Waals surface area contributed by atoms with Gasteiger partial charge in [-0.2, -0.15) is 0 Å². The zero-order valence-electron chi connectivity index (χ0n) is 17.2. The number of fused-ring (bicyclic) bond motifs is 1. The normalized spacial score (nSPS) is 18.1.